The summed E-state index contributed by atoms with van der Waals surface area (Å²) < 4.78 is 8.07. The predicted molar refractivity (Wildman–Crippen MR) is 104 cm³/mol. The summed E-state index contributed by atoms with van der Waals surface area (Å²) in [6.07, 6.45) is 2.62. The van der Waals surface area contributed by atoms with Gasteiger partial charge in [-0.3, -0.25) is 14.0 Å². The number of carbonyl (C=O) groups is 2. The molecule has 2 aromatic heterocycles. The average Bonchev–Trinajstić information content (AvgIpc) is 3.00. The third-order valence-corrected chi connectivity index (χ3v) is 4.14. The Morgan fingerprint density at radius 3 is 2.52 bits per heavy atom. The fourth-order valence-electron chi connectivity index (χ4n) is 2.92. The zero-order chi connectivity index (χ0) is 21.3. The van der Waals surface area contributed by atoms with E-state index in [9.17, 15) is 19.5 Å². The zero-order valence-corrected chi connectivity index (χ0v) is 16.2. The van der Waals surface area contributed by atoms with Crippen LogP contribution in [0, 0.1) is 0 Å². The van der Waals surface area contributed by atoms with E-state index in [1.54, 1.807) is 33.0 Å². The first kappa shape index (κ1) is 20.1. The fraction of sp³-hybridized carbons (Fsp3) is 0.300. The molecule has 9 nitrogen and oxygen atoms in total. The van der Waals surface area contributed by atoms with E-state index in [4.69, 9.17) is 9.84 Å². The van der Waals surface area contributed by atoms with E-state index in [0.29, 0.717) is 11.9 Å². The van der Waals surface area contributed by atoms with Crippen molar-refractivity contribution in [2.24, 2.45) is 0 Å². The highest BCUT2D eigenvalue weighted by Gasteiger charge is 2.21. The third-order valence-electron chi connectivity index (χ3n) is 4.14. The second-order valence-electron chi connectivity index (χ2n) is 7.53. The van der Waals surface area contributed by atoms with Crippen LogP contribution < -0.4 is 5.43 Å². The lowest BCUT2D eigenvalue weighted by atomic mass is 10.1. The number of aryl methyl sites for hydroxylation is 2. The molecule has 0 atom stereocenters. The molecule has 9 heteroatoms. The van der Waals surface area contributed by atoms with Crippen molar-refractivity contribution < 1.29 is 24.5 Å². The highest BCUT2D eigenvalue weighted by atomic mass is 16.6. The number of para-hydroxylation sites is 1. The van der Waals surface area contributed by atoms with E-state index >= 15 is 0 Å². The van der Waals surface area contributed by atoms with Gasteiger partial charge in [0, 0.05) is 18.1 Å². The maximum Gasteiger partial charge on any atom is 0.419 e. The number of carboxylic acids is 1. The minimum Gasteiger partial charge on any atom is -0.503 e. The molecule has 0 aliphatic rings. The van der Waals surface area contributed by atoms with Gasteiger partial charge in [0.2, 0.25) is 5.69 Å². The molecule has 3 aromatic rings. The van der Waals surface area contributed by atoms with Crippen molar-refractivity contribution in [1.29, 1.82) is 0 Å². The molecule has 3 rings (SSSR count). The van der Waals surface area contributed by atoms with E-state index < -0.39 is 34.5 Å². The summed E-state index contributed by atoms with van der Waals surface area (Å²) in [5.41, 5.74) is -0.939. The van der Waals surface area contributed by atoms with E-state index in [2.05, 4.69) is 5.10 Å². The minimum atomic E-state index is -1.51. The number of nitrogens with zero attached hydrogens (tertiary/aromatic N) is 3. The van der Waals surface area contributed by atoms with Crippen molar-refractivity contribution in [3.8, 4) is 5.75 Å². The lowest BCUT2D eigenvalue weighted by molar-refractivity contribution is 0.0543. The quantitative estimate of drug-likeness (QED) is 0.691. The zero-order valence-electron chi connectivity index (χ0n) is 16.2. The van der Waals surface area contributed by atoms with Gasteiger partial charge < -0.3 is 14.9 Å². The standard InChI is InChI=1S/C20H21N3O6/c1-20(2,3)29-19(28)23-10-12(13-6-4-5-7-14(13)23)8-9-22-11-15(24)17(25)16(21-22)18(26)27/h4-7,10-11,24H,8-9H2,1-3H3,(H,26,27). The summed E-state index contributed by atoms with van der Waals surface area (Å²) >= 11 is 0. The minimum absolute atomic E-state index is 0.191. The molecule has 2 N–H and O–H groups in total. The molecule has 0 fully saturated rings. The number of carboxylic acid groups (broad SMARTS) is 1. The van der Waals surface area contributed by atoms with Crippen molar-refractivity contribution in [3.05, 3.63) is 58.1 Å². The molecule has 0 spiro atoms. The van der Waals surface area contributed by atoms with Crippen LogP contribution in [0.15, 0.2) is 41.5 Å². The normalized spacial score (nSPS) is 11.6. The predicted octanol–water partition coefficient (Wildman–Crippen LogP) is 2.63. The molecule has 2 heterocycles. The lowest BCUT2D eigenvalue weighted by Crippen LogP contribution is -2.26. The molecule has 29 heavy (non-hydrogen) atoms. The van der Waals surface area contributed by atoms with E-state index in [-0.39, 0.29) is 6.54 Å². The maximum absolute atomic E-state index is 12.6. The Bertz CT molecular complexity index is 1150. The van der Waals surface area contributed by atoms with Crippen LogP contribution in [-0.4, -0.2) is 42.2 Å². The van der Waals surface area contributed by atoms with Crippen LogP contribution in [0.2, 0.25) is 0 Å². The Balaban J connectivity index is 1.93. The smallest absolute Gasteiger partial charge is 0.419 e. The number of benzene rings is 1. The molecule has 0 unspecified atom stereocenters. The number of fused-ring (bicyclic) bond motifs is 1. The van der Waals surface area contributed by atoms with Gasteiger partial charge in [0.1, 0.15) is 5.60 Å². The third kappa shape index (κ3) is 4.29. The topological polar surface area (TPSA) is 124 Å². The van der Waals surface area contributed by atoms with Gasteiger partial charge in [0.25, 0.3) is 5.43 Å². The van der Waals surface area contributed by atoms with E-state index in [1.807, 2.05) is 18.2 Å². The first-order valence-electron chi connectivity index (χ1n) is 8.93. The largest absolute Gasteiger partial charge is 0.503 e. The lowest BCUT2D eigenvalue weighted by Gasteiger charge is -2.19. The summed E-state index contributed by atoms with van der Waals surface area (Å²) in [6.45, 7) is 5.54. The summed E-state index contributed by atoms with van der Waals surface area (Å²) in [6, 6.07) is 7.32. The van der Waals surface area contributed by atoms with Gasteiger partial charge >= 0.3 is 12.1 Å². The van der Waals surface area contributed by atoms with Gasteiger partial charge in [-0.15, -0.1) is 0 Å². The first-order valence-corrected chi connectivity index (χ1v) is 8.93. The monoisotopic (exact) mass is 399 g/mol. The van der Waals surface area contributed by atoms with E-state index in [0.717, 1.165) is 17.1 Å². The molecule has 152 valence electrons. The molecule has 0 radical (unpaired) electrons. The molecule has 0 aliphatic heterocycles. The summed E-state index contributed by atoms with van der Waals surface area (Å²) in [5.74, 6) is -2.20. The molecule has 0 saturated heterocycles. The second-order valence-corrected chi connectivity index (χ2v) is 7.53. The van der Waals surface area contributed by atoms with Crippen molar-refractivity contribution in [3.63, 3.8) is 0 Å². The SMILES string of the molecule is CC(C)(C)OC(=O)n1cc(CCn2cc(O)c(=O)c(C(=O)O)n2)c2ccccc21. The van der Waals surface area contributed by atoms with Crippen LogP contribution in [-0.2, 0) is 17.7 Å². The number of hydrogen-bond acceptors (Lipinski definition) is 6. The van der Waals surface area contributed by atoms with Crippen molar-refractivity contribution in [2.75, 3.05) is 0 Å². The van der Waals surface area contributed by atoms with Crippen LogP contribution in [0.3, 0.4) is 0 Å². The number of aromatic nitrogens is 3. The molecular weight excluding hydrogens is 378 g/mol. The summed E-state index contributed by atoms with van der Waals surface area (Å²) in [5, 5.41) is 23.3. The molecular formula is C20H21N3O6. The molecule has 1 aromatic carbocycles. The van der Waals surface area contributed by atoms with Crippen LogP contribution in [0.25, 0.3) is 10.9 Å². The van der Waals surface area contributed by atoms with Gasteiger partial charge in [0.05, 0.1) is 11.7 Å². The first-order chi connectivity index (χ1) is 13.6. The van der Waals surface area contributed by atoms with Crippen molar-refractivity contribution >= 4 is 23.0 Å². The van der Waals surface area contributed by atoms with Crippen LogP contribution >= 0.6 is 0 Å². The Morgan fingerprint density at radius 2 is 1.86 bits per heavy atom. The van der Waals surface area contributed by atoms with Crippen molar-refractivity contribution in [2.45, 2.75) is 39.3 Å². The Hall–Kier alpha value is -3.62. The number of hydrogen-bond donors (Lipinski definition) is 2. The van der Waals surface area contributed by atoms with Crippen LogP contribution in [0.4, 0.5) is 4.79 Å². The van der Waals surface area contributed by atoms with E-state index in [1.165, 1.54) is 9.25 Å². The Morgan fingerprint density at radius 1 is 1.17 bits per heavy atom. The maximum atomic E-state index is 12.6. The van der Waals surface area contributed by atoms with Gasteiger partial charge in [-0.25, -0.2) is 9.59 Å². The van der Waals surface area contributed by atoms with Gasteiger partial charge in [0.15, 0.2) is 5.75 Å². The Labute approximate surface area is 165 Å². The van der Waals surface area contributed by atoms with Crippen LogP contribution in [0.1, 0.15) is 36.8 Å². The highest BCUT2D eigenvalue weighted by molar-refractivity contribution is 5.92. The highest BCUT2D eigenvalue weighted by Crippen LogP contribution is 2.23. The number of rotatable bonds is 4. The molecule has 0 aliphatic carbocycles. The van der Waals surface area contributed by atoms with Crippen molar-refractivity contribution in [1.82, 2.24) is 14.3 Å². The van der Waals surface area contributed by atoms with Crippen LogP contribution in [0.5, 0.6) is 5.75 Å². The number of ether oxygens (including phenoxy) is 1. The molecule has 0 amide bonds. The average molecular weight is 399 g/mol. The summed E-state index contributed by atoms with van der Waals surface area (Å²) in [4.78, 5) is 35.3. The molecule has 0 bridgehead atoms. The number of aromatic hydroxyl groups is 1. The Kier molecular flexibility index (Phi) is 5.15. The second kappa shape index (κ2) is 7.42. The van der Waals surface area contributed by atoms with Gasteiger partial charge in [-0.05, 0) is 38.8 Å². The molecule has 0 saturated carbocycles. The fourth-order valence-corrected chi connectivity index (χ4v) is 2.92. The van der Waals surface area contributed by atoms with Gasteiger partial charge in [-0.1, -0.05) is 18.2 Å². The van der Waals surface area contributed by atoms with Gasteiger partial charge in [-0.2, -0.15) is 5.10 Å². The summed E-state index contributed by atoms with van der Waals surface area (Å²) in [7, 11) is 0. The number of carbonyl (C=O) groups excluding carboxylic acids is 1. The number of aromatic carboxylic acids is 1.